The third-order valence-corrected chi connectivity index (χ3v) is 5.29. The van der Waals surface area contributed by atoms with Crippen molar-refractivity contribution in [2.75, 3.05) is 19.6 Å². The van der Waals surface area contributed by atoms with Crippen molar-refractivity contribution in [2.45, 2.75) is 31.7 Å². The van der Waals surface area contributed by atoms with E-state index in [2.05, 4.69) is 36.4 Å². The molecule has 1 atom stereocenters. The number of fused-ring (bicyclic) bond motifs is 1. The zero-order valence-corrected chi connectivity index (χ0v) is 16.9. The summed E-state index contributed by atoms with van der Waals surface area (Å²) in [4.78, 5) is 14.9. The van der Waals surface area contributed by atoms with Crippen molar-refractivity contribution < 1.29 is 4.79 Å². The van der Waals surface area contributed by atoms with E-state index in [-0.39, 0.29) is 5.91 Å². The van der Waals surface area contributed by atoms with Crippen LogP contribution < -0.4 is 11.5 Å². The Morgan fingerprint density at radius 1 is 0.966 bits per heavy atom. The molecule has 1 amide bonds. The first-order valence-corrected chi connectivity index (χ1v) is 10.4. The third kappa shape index (κ3) is 5.89. The number of amides is 1. The van der Waals surface area contributed by atoms with E-state index in [9.17, 15) is 4.79 Å². The molecule has 4 heteroatoms. The largest absolute Gasteiger partial charge is 0.341 e. The number of aryl methyl sites for hydroxylation is 1. The summed E-state index contributed by atoms with van der Waals surface area (Å²) < 4.78 is 0. The van der Waals surface area contributed by atoms with Gasteiger partial charge in [0.1, 0.15) is 0 Å². The quantitative estimate of drug-likeness (QED) is 0.560. The van der Waals surface area contributed by atoms with Gasteiger partial charge in [0.05, 0.1) is 6.04 Å². The molecular formula is C25H30N3O. The fourth-order valence-corrected chi connectivity index (χ4v) is 3.62. The molecule has 3 aromatic rings. The van der Waals surface area contributed by atoms with Crippen LogP contribution in [0.2, 0.25) is 0 Å². The third-order valence-electron chi connectivity index (χ3n) is 5.29. The van der Waals surface area contributed by atoms with E-state index >= 15 is 0 Å². The molecule has 0 saturated carbocycles. The van der Waals surface area contributed by atoms with E-state index in [1.165, 1.54) is 16.3 Å². The Bertz CT molecular complexity index is 905. The summed E-state index contributed by atoms with van der Waals surface area (Å²) in [6.07, 6.45) is 2.97. The number of rotatable bonds is 10. The first-order valence-electron chi connectivity index (χ1n) is 10.4. The molecule has 4 N–H and O–H groups in total. The molecule has 0 spiro atoms. The lowest BCUT2D eigenvalue weighted by Gasteiger charge is -2.26. The van der Waals surface area contributed by atoms with Crippen LogP contribution >= 0.6 is 0 Å². The number of carbonyl (C=O) groups excluding carboxylic acids is 1. The smallest absolute Gasteiger partial charge is 0.239 e. The van der Waals surface area contributed by atoms with Crippen molar-refractivity contribution in [3.8, 4) is 0 Å². The van der Waals surface area contributed by atoms with E-state index in [0.29, 0.717) is 26.1 Å². The Kier molecular flexibility index (Phi) is 7.79. The molecule has 0 bridgehead atoms. The normalized spacial score (nSPS) is 12.1. The van der Waals surface area contributed by atoms with Gasteiger partial charge in [-0.1, -0.05) is 66.7 Å². The Morgan fingerprint density at radius 3 is 2.52 bits per heavy atom. The van der Waals surface area contributed by atoms with Crippen molar-refractivity contribution in [3.05, 3.63) is 83.9 Å². The van der Waals surface area contributed by atoms with Crippen LogP contribution in [-0.4, -0.2) is 36.5 Å². The maximum atomic E-state index is 13.0. The number of nitrogens with two attached hydrogens (primary N) is 2. The van der Waals surface area contributed by atoms with Gasteiger partial charge in [-0.2, -0.15) is 0 Å². The maximum absolute atomic E-state index is 13.0. The lowest BCUT2D eigenvalue weighted by Crippen LogP contribution is -2.45. The lowest BCUT2D eigenvalue weighted by molar-refractivity contribution is -0.132. The van der Waals surface area contributed by atoms with Crippen LogP contribution in [0.15, 0.2) is 66.7 Å². The van der Waals surface area contributed by atoms with Crippen LogP contribution in [-0.2, 0) is 17.6 Å². The second-order valence-electron chi connectivity index (χ2n) is 7.39. The summed E-state index contributed by atoms with van der Waals surface area (Å²) in [7, 11) is 0. The minimum atomic E-state index is -0.496. The molecule has 0 unspecified atom stereocenters. The van der Waals surface area contributed by atoms with E-state index < -0.39 is 6.04 Å². The SMILES string of the molecule is NCCCN(CCc1[c]ccc2ccccc12)C(=O)[C@@H](N)CCc1ccccc1. The molecule has 0 aromatic heterocycles. The van der Waals surface area contributed by atoms with E-state index in [4.69, 9.17) is 11.5 Å². The van der Waals surface area contributed by atoms with Crippen LogP contribution in [0.5, 0.6) is 0 Å². The van der Waals surface area contributed by atoms with Crippen LogP contribution in [0.1, 0.15) is 24.0 Å². The number of benzene rings is 3. The number of hydrogen-bond acceptors (Lipinski definition) is 3. The van der Waals surface area contributed by atoms with Gasteiger partial charge in [0, 0.05) is 13.1 Å². The molecule has 0 aliphatic heterocycles. The standard InChI is InChI=1S/C25H30N3O/c26-17-7-18-28(25(29)24(27)15-14-20-8-2-1-3-9-20)19-16-22-12-6-11-21-10-4-5-13-23(21)22/h1-6,8-11,13,24H,7,14-19,26-27H2/t24-/m0/s1. The van der Waals surface area contributed by atoms with Crippen LogP contribution in [0.4, 0.5) is 0 Å². The summed E-state index contributed by atoms with van der Waals surface area (Å²) in [5, 5.41) is 2.38. The molecule has 0 aliphatic rings. The number of hydrogen-bond donors (Lipinski definition) is 2. The van der Waals surface area contributed by atoms with Crippen LogP contribution in [0, 0.1) is 6.07 Å². The van der Waals surface area contributed by atoms with Gasteiger partial charge < -0.3 is 16.4 Å². The first kappa shape index (κ1) is 21.0. The average molecular weight is 389 g/mol. The fraction of sp³-hybridized carbons (Fsp3) is 0.320. The molecule has 3 aromatic carbocycles. The molecule has 29 heavy (non-hydrogen) atoms. The van der Waals surface area contributed by atoms with E-state index in [1.807, 2.05) is 41.3 Å². The minimum Gasteiger partial charge on any atom is -0.341 e. The summed E-state index contributed by atoms with van der Waals surface area (Å²) in [5.41, 5.74) is 14.3. The zero-order valence-electron chi connectivity index (χ0n) is 16.9. The van der Waals surface area contributed by atoms with Crippen molar-refractivity contribution >= 4 is 16.7 Å². The van der Waals surface area contributed by atoms with Crippen molar-refractivity contribution in [1.29, 1.82) is 0 Å². The Hall–Kier alpha value is -2.69. The van der Waals surface area contributed by atoms with Crippen molar-refractivity contribution in [3.63, 3.8) is 0 Å². The number of nitrogens with zero attached hydrogens (tertiary/aromatic N) is 1. The monoisotopic (exact) mass is 388 g/mol. The van der Waals surface area contributed by atoms with Crippen LogP contribution in [0.25, 0.3) is 10.8 Å². The van der Waals surface area contributed by atoms with E-state index in [1.54, 1.807) is 0 Å². The molecule has 0 fully saturated rings. The van der Waals surface area contributed by atoms with Gasteiger partial charge in [0.15, 0.2) is 0 Å². The molecule has 4 nitrogen and oxygen atoms in total. The highest BCUT2D eigenvalue weighted by Gasteiger charge is 2.20. The van der Waals surface area contributed by atoms with Crippen molar-refractivity contribution in [2.24, 2.45) is 11.5 Å². The topological polar surface area (TPSA) is 72.3 Å². The van der Waals surface area contributed by atoms with Gasteiger partial charge in [-0.05, 0) is 60.2 Å². The van der Waals surface area contributed by atoms with Gasteiger partial charge in [0.25, 0.3) is 0 Å². The molecule has 0 aliphatic carbocycles. The zero-order chi connectivity index (χ0) is 20.5. The van der Waals surface area contributed by atoms with Crippen molar-refractivity contribution in [1.82, 2.24) is 4.90 Å². The second kappa shape index (κ2) is 10.7. The summed E-state index contributed by atoms with van der Waals surface area (Å²) in [6, 6.07) is 25.3. The lowest BCUT2D eigenvalue weighted by atomic mass is 10.0. The first-order chi connectivity index (χ1) is 14.2. The highest BCUT2D eigenvalue weighted by Crippen LogP contribution is 2.19. The minimum absolute atomic E-state index is 0.00891. The maximum Gasteiger partial charge on any atom is 0.239 e. The summed E-state index contributed by atoms with van der Waals surface area (Å²) in [6.45, 7) is 1.82. The molecule has 3 rings (SSSR count). The summed E-state index contributed by atoms with van der Waals surface area (Å²) in [5.74, 6) is 0.00891. The summed E-state index contributed by atoms with van der Waals surface area (Å²) >= 11 is 0. The average Bonchev–Trinajstić information content (AvgIpc) is 2.78. The van der Waals surface area contributed by atoms with Gasteiger partial charge in [-0.3, -0.25) is 4.79 Å². The predicted molar refractivity (Wildman–Crippen MR) is 119 cm³/mol. The molecule has 0 heterocycles. The Labute approximate surface area is 173 Å². The molecular weight excluding hydrogens is 358 g/mol. The van der Waals surface area contributed by atoms with Gasteiger partial charge in [0.2, 0.25) is 5.91 Å². The second-order valence-corrected chi connectivity index (χ2v) is 7.39. The van der Waals surface area contributed by atoms with Gasteiger partial charge in [-0.15, -0.1) is 0 Å². The van der Waals surface area contributed by atoms with E-state index in [0.717, 1.165) is 24.8 Å². The molecule has 0 saturated heterocycles. The fourth-order valence-electron chi connectivity index (χ4n) is 3.62. The number of carbonyl (C=O) groups is 1. The highest BCUT2D eigenvalue weighted by atomic mass is 16.2. The molecule has 151 valence electrons. The Balaban J connectivity index is 1.64. The van der Waals surface area contributed by atoms with Gasteiger partial charge in [-0.25, -0.2) is 0 Å². The Morgan fingerprint density at radius 2 is 1.72 bits per heavy atom. The molecule has 1 radical (unpaired) electrons. The van der Waals surface area contributed by atoms with Gasteiger partial charge >= 0.3 is 0 Å². The predicted octanol–water partition coefficient (Wildman–Crippen LogP) is 3.32. The highest BCUT2D eigenvalue weighted by molar-refractivity contribution is 5.85. The van der Waals surface area contributed by atoms with Crippen LogP contribution in [0.3, 0.4) is 0 Å².